The van der Waals surface area contributed by atoms with E-state index in [1.54, 1.807) is 24.3 Å². The van der Waals surface area contributed by atoms with Gasteiger partial charge in [-0.3, -0.25) is 0 Å². The number of carbonyl (C=O) groups excluding carboxylic acids is 3. The number of carboxylic acid groups (broad SMARTS) is 1. The Kier molecular flexibility index (Phi) is 23.2. The lowest BCUT2D eigenvalue weighted by Crippen LogP contribution is -2.60. The van der Waals surface area contributed by atoms with E-state index in [1.807, 2.05) is 0 Å². The van der Waals surface area contributed by atoms with Gasteiger partial charge in [0.1, 0.15) is 117 Å². The lowest BCUT2D eigenvalue weighted by Gasteiger charge is -2.43. The van der Waals surface area contributed by atoms with Crippen LogP contribution in [-0.4, -0.2) is 317 Å². The van der Waals surface area contributed by atoms with Crippen LogP contribution >= 0.6 is 0 Å². The Bertz CT molecular complexity index is 3280. The summed E-state index contributed by atoms with van der Waals surface area (Å²) in [4.78, 5) is 55.8. The largest absolute Gasteiger partial charge is 0.478 e. The predicted octanol–water partition coefficient (Wildman–Crippen LogP) is -7.83. The van der Waals surface area contributed by atoms with Crippen LogP contribution in [-0.2, 0) is 90.2 Å². The maximum absolute atomic E-state index is 14.7. The standard InChI is InChI=1S/C64H82O37/c65-9-21-1-5-26-30(18-91-57(37(21)26)98-61-49(78)45(74)41(70)33(10-66)94-61)54(84)88-15-23-3-7-28-32(20-93-59(39(23)28)100-63-51(80)47(76)43(72)35(12-68)96-63)56(86)89-16-24-4-8-27-31(19-92-60(40(24)27)101-64-52(81)48(77)44(73)36(13-69)97-64)55(85)87-14-22-2-6-25-29(53(82)83)17-90-58(38(22)25)99-62-50(79)46(75)42(71)34(11-67)95-62/h1-4,17-20,25-28,33-52,57-81H,5-16H2,(H,82,83)/t25-,26-,27-,28-,33-,34-,35-,36-,37-,38-,39-,40-,41-,42-,43-,44-,45+,46+,47+,48+,49-,50-,51-,52-,57+,58+,59+,60+,61+,62+,63+,64+/m0/s1. The Morgan fingerprint density at radius 2 is 0.564 bits per heavy atom. The Morgan fingerprint density at radius 1 is 0.327 bits per heavy atom. The summed E-state index contributed by atoms with van der Waals surface area (Å²) in [5.41, 5.74) is 0.703. The normalized spacial score (nSPS) is 43.9. The van der Waals surface area contributed by atoms with Crippen molar-refractivity contribution in [1.29, 1.82) is 0 Å². The van der Waals surface area contributed by atoms with Gasteiger partial charge in [0.15, 0.2) is 25.2 Å². The molecule has 0 aromatic carbocycles. The van der Waals surface area contributed by atoms with E-state index in [1.165, 1.54) is 0 Å². The number of aliphatic hydroxyl groups excluding tert-OH is 17. The van der Waals surface area contributed by atoms with Crippen LogP contribution in [0.25, 0.3) is 0 Å². The summed E-state index contributed by atoms with van der Waals surface area (Å²) in [7, 11) is 0. The minimum absolute atomic E-state index is 0.00107. The first-order chi connectivity index (χ1) is 48.4. The van der Waals surface area contributed by atoms with Crippen LogP contribution in [0.15, 0.2) is 93.9 Å². The summed E-state index contributed by atoms with van der Waals surface area (Å²) in [5.74, 6) is -12.0. The second kappa shape index (κ2) is 31.4. The Balaban J connectivity index is 0.751. The zero-order valence-electron chi connectivity index (χ0n) is 53.4. The van der Waals surface area contributed by atoms with Gasteiger partial charge in [-0.05, 0) is 48.0 Å². The number of carbonyl (C=O) groups is 4. The molecule has 12 aliphatic rings. The molecule has 560 valence electrons. The van der Waals surface area contributed by atoms with Gasteiger partial charge in [0, 0.05) is 23.7 Å². The fraction of sp³-hybridized carbons (Fsp3) is 0.688. The first kappa shape index (κ1) is 74.7. The highest BCUT2D eigenvalue weighted by molar-refractivity contribution is 5.91. The molecule has 4 saturated heterocycles. The topological polar surface area (TPSA) is 571 Å². The van der Waals surface area contributed by atoms with Gasteiger partial charge < -0.3 is 163 Å². The van der Waals surface area contributed by atoms with E-state index in [0.717, 1.165) is 25.0 Å². The quantitative estimate of drug-likeness (QED) is 0.0257. The molecule has 0 bridgehead atoms. The minimum atomic E-state index is -1.94. The summed E-state index contributed by atoms with van der Waals surface area (Å²) < 4.78 is 87.9. The molecule has 18 N–H and O–H groups in total. The first-order valence-electron chi connectivity index (χ1n) is 32.8. The SMILES string of the molecule is O=C(O)C1=CO[C@H](O[C@H]2O[C@@H](CO)[C@H](O)[C@@H](O)[C@@H]2O)[C@H]2C(COC(=O)C3=CO[C@H](O[C@H]4O[C@@H](CO)[C@H](O)[C@@H](O)[C@@H]4O)[C@H]4C(COC(=O)C5=CO[C@H](O[C@H]6O[C@@H](CO)[C@H](O)[C@@H](O)[C@@H]6O)[C@H]6C(COC(=O)C7=CO[C@H](O[C@H]8O[C@@H](CO)[C@H](O)[C@@H](O)[C@@H]8O)[C@H]8C(CO)=CC[C@@H]78)=CC[C@@H]56)=CC[C@@H]34)=CC[C@@H]12. The van der Waals surface area contributed by atoms with Crippen LogP contribution in [0.5, 0.6) is 0 Å². The molecule has 0 unspecified atom stereocenters. The van der Waals surface area contributed by atoms with Crippen molar-refractivity contribution >= 4 is 23.9 Å². The number of fused-ring (bicyclic) bond motifs is 4. The van der Waals surface area contributed by atoms with Crippen LogP contribution in [0, 0.1) is 47.3 Å². The van der Waals surface area contributed by atoms with Gasteiger partial charge in [-0.25, -0.2) is 19.2 Å². The fourth-order valence-corrected chi connectivity index (χ4v) is 15.1. The number of aliphatic hydroxyl groups is 17. The van der Waals surface area contributed by atoms with Crippen molar-refractivity contribution in [3.05, 3.63) is 93.9 Å². The monoisotopic (exact) mass is 1440 g/mol. The summed E-state index contributed by atoms with van der Waals surface area (Å²) >= 11 is 0. The molecule has 0 radical (unpaired) electrons. The Morgan fingerprint density at radius 3 is 0.812 bits per heavy atom. The number of aliphatic carboxylic acids is 1. The summed E-state index contributed by atoms with van der Waals surface area (Å²) in [6, 6.07) is 0. The van der Waals surface area contributed by atoms with Crippen LogP contribution < -0.4 is 0 Å². The Labute approximate surface area is 572 Å². The highest BCUT2D eigenvalue weighted by Crippen LogP contribution is 2.50. The molecule has 8 heterocycles. The van der Waals surface area contributed by atoms with Crippen molar-refractivity contribution in [1.82, 2.24) is 0 Å². The average Bonchev–Trinajstić information content (AvgIpc) is 1.69. The maximum Gasteiger partial charge on any atom is 0.337 e. The molecule has 0 amide bonds. The smallest absolute Gasteiger partial charge is 0.337 e. The molecule has 0 aromatic heterocycles. The second-order valence-corrected chi connectivity index (χ2v) is 26.4. The zero-order valence-corrected chi connectivity index (χ0v) is 53.4. The van der Waals surface area contributed by atoms with Crippen LogP contribution in [0.1, 0.15) is 25.7 Å². The third-order valence-electron chi connectivity index (χ3n) is 20.8. The van der Waals surface area contributed by atoms with E-state index < -0.39 is 272 Å². The van der Waals surface area contributed by atoms with E-state index in [9.17, 15) is 111 Å². The predicted molar refractivity (Wildman–Crippen MR) is 318 cm³/mol. The van der Waals surface area contributed by atoms with E-state index in [-0.39, 0.29) is 64.7 Å². The summed E-state index contributed by atoms with van der Waals surface area (Å²) in [6.07, 6.45) is -29.7. The Hall–Kier alpha value is -6.00. The molecule has 0 aromatic rings. The van der Waals surface area contributed by atoms with Crippen molar-refractivity contribution < 1.29 is 182 Å². The highest BCUT2D eigenvalue weighted by Gasteiger charge is 2.56. The lowest BCUT2D eigenvalue weighted by atomic mass is 9.82. The summed E-state index contributed by atoms with van der Waals surface area (Å²) in [5, 5.41) is 188. The number of carboxylic acids is 1. The van der Waals surface area contributed by atoms with Gasteiger partial charge in [0.2, 0.25) is 25.2 Å². The first-order valence-corrected chi connectivity index (χ1v) is 32.8. The fourth-order valence-electron chi connectivity index (χ4n) is 15.1. The van der Waals surface area contributed by atoms with Crippen molar-refractivity contribution in [3.8, 4) is 0 Å². The van der Waals surface area contributed by atoms with Crippen LogP contribution in [0.2, 0.25) is 0 Å². The van der Waals surface area contributed by atoms with Gasteiger partial charge in [-0.2, -0.15) is 0 Å². The van der Waals surface area contributed by atoms with Gasteiger partial charge in [0.05, 0.1) is 104 Å². The van der Waals surface area contributed by atoms with Gasteiger partial charge in [-0.15, -0.1) is 0 Å². The molecular weight excluding hydrogens is 1360 g/mol. The molecular formula is C64H82O37. The molecule has 12 rings (SSSR count). The number of hydrogen-bond donors (Lipinski definition) is 18. The van der Waals surface area contributed by atoms with Crippen LogP contribution in [0.4, 0.5) is 0 Å². The van der Waals surface area contributed by atoms with E-state index in [2.05, 4.69) is 0 Å². The van der Waals surface area contributed by atoms with Crippen LogP contribution in [0.3, 0.4) is 0 Å². The number of allylic oxidation sites excluding steroid dienone is 4. The minimum Gasteiger partial charge on any atom is -0.478 e. The molecule has 32 atom stereocenters. The third-order valence-corrected chi connectivity index (χ3v) is 20.8. The number of esters is 3. The van der Waals surface area contributed by atoms with Crippen molar-refractivity contribution in [2.24, 2.45) is 47.3 Å². The van der Waals surface area contributed by atoms with Crippen molar-refractivity contribution in [3.63, 3.8) is 0 Å². The second-order valence-electron chi connectivity index (χ2n) is 26.4. The molecule has 101 heavy (non-hydrogen) atoms. The lowest BCUT2D eigenvalue weighted by molar-refractivity contribution is -0.339. The highest BCUT2D eigenvalue weighted by atomic mass is 16.8. The molecule has 4 fully saturated rings. The molecule has 0 saturated carbocycles. The number of rotatable bonds is 23. The molecule has 8 aliphatic heterocycles. The van der Waals surface area contributed by atoms with Crippen molar-refractivity contribution in [2.45, 2.75) is 174 Å². The molecule has 0 spiro atoms. The van der Waals surface area contributed by atoms with E-state index in [0.29, 0.717) is 5.57 Å². The molecule has 37 heteroatoms. The third kappa shape index (κ3) is 14.4. The molecule has 4 aliphatic carbocycles. The average molecular weight is 1440 g/mol. The summed E-state index contributed by atoms with van der Waals surface area (Å²) in [6.45, 7) is -5.35. The zero-order chi connectivity index (χ0) is 72.2. The van der Waals surface area contributed by atoms with Gasteiger partial charge >= 0.3 is 23.9 Å². The van der Waals surface area contributed by atoms with Crippen molar-refractivity contribution in [2.75, 3.05) is 52.9 Å². The van der Waals surface area contributed by atoms with E-state index in [4.69, 9.17) is 71.1 Å². The number of ether oxygens (including phenoxy) is 15. The number of hydrogen-bond acceptors (Lipinski definition) is 36. The molecule has 37 nitrogen and oxygen atoms in total. The van der Waals surface area contributed by atoms with Gasteiger partial charge in [0.25, 0.3) is 0 Å². The van der Waals surface area contributed by atoms with E-state index >= 15 is 0 Å². The maximum atomic E-state index is 14.7. The van der Waals surface area contributed by atoms with Gasteiger partial charge in [-0.1, -0.05) is 24.3 Å².